The van der Waals surface area contributed by atoms with Crippen molar-refractivity contribution < 1.29 is 48.9 Å². The van der Waals surface area contributed by atoms with Crippen molar-refractivity contribution in [1.82, 2.24) is 36.9 Å². The number of carboxylic acids is 1. The zero-order valence-electron chi connectivity index (χ0n) is 32.1. The zero-order chi connectivity index (χ0) is 43.6. The molecule has 6 atom stereocenters. The van der Waals surface area contributed by atoms with Gasteiger partial charge in [-0.3, -0.25) is 33.8 Å². The van der Waals surface area contributed by atoms with Crippen LogP contribution in [0.2, 0.25) is 0 Å². The van der Waals surface area contributed by atoms with E-state index in [-0.39, 0.29) is 49.7 Å². The van der Waals surface area contributed by atoms with Gasteiger partial charge in [-0.2, -0.15) is 12.6 Å². The highest BCUT2D eigenvalue weighted by molar-refractivity contribution is 7.80. The molecule has 0 saturated heterocycles. The Labute approximate surface area is 344 Å². The van der Waals surface area contributed by atoms with Gasteiger partial charge >= 0.3 is 5.97 Å². The summed E-state index contributed by atoms with van der Waals surface area (Å²) < 4.78 is 0. The van der Waals surface area contributed by atoms with Gasteiger partial charge in [-0.25, -0.2) is 4.79 Å². The molecule has 21 nitrogen and oxygen atoms in total. The molecule has 0 bridgehead atoms. The minimum Gasteiger partial charge on any atom is -0.508 e. The van der Waals surface area contributed by atoms with E-state index in [1.165, 1.54) is 31.2 Å². The summed E-state index contributed by atoms with van der Waals surface area (Å²) in [7, 11) is 0. The number of carbonyl (C=O) groups is 7. The first-order valence-electron chi connectivity index (χ1n) is 18.4. The van der Waals surface area contributed by atoms with Crippen LogP contribution in [0.25, 0.3) is 10.9 Å². The lowest BCUT2D eigenvalue weighted by Gasteiger charge is -2.27. The second kappa shape index (κ2) is 23.1. The number of thiol groups is 1. The number of aliphatic imine (C=N–C) groups is 1. The third-order valence-corrected chi connectivity index (χ3v) is 9.19. The summed E-state index contributed by atoms with van der Waals surface area (Å²) >= 11 is 3.91. The van der Waals surface area contributed by atoms with Gasteiger partial charge < -0.3 is 69.4 Å². The van der Waals surface area contributed by atoms with E-state index < -0.39 is 90.8 Å². The number of nitrogens with zero attached hydrogens (tertiary/aromatic N) is 1. The van der Waals surface area contributed by atoms with Crippen LogP contribution in [0.3, 0.4) is 0 Å². The maximum atomic E-state index is 14.0. The minimum atomic E-state index is -1.66. The Morgan fingerprint density at radius 1 is 0.797 bits per heavy atom. The molecule has 1 heterocycles. The number of aliphatic carboxylic acids is 1. The largest absolute Gasteiger partial charge is 0.508 e. The highest BCUT2D eigenvalue weighted by Gasteiger charge is 2.34. The fourth-order valence-corrected chi connectivity index (χ4v) is 5.99. The molecular weight excluding hydrogens is 791 g/mol. The molecule has 0 aliphatic heterocycles. The molecule has 0 fully saturated rings. The third kappa shape index (κ3) is 15.1. The highest BCUT2D eigenvalue weighted by atomic mass is 32.1. The van der Waals surface area contributed by atoms with Crippen LogP contribution in [0.4, 0.5) is 0 Å². The zero-order valence-corrected chi connectivity index (χ0v) is 33.0. The number of aromatic nitrogens is 1. The van der Waals surface area contributed by atoms with Crippen LogP contribution in [0.5, 0.6) is 5.75 Å². The van der Waals surface area contributed by atoms with E-state index in [2.05, 4.69) is 54.5 Å². The molecule has 1 aromatic heterocycles. The molecule has 22 heteroatoms. The van der Waals surface area contributed by atoms with Gasteiger partial charge in [-0.05, 0) is 49.1 Å². The lowest BCUT2D eigenvalue weighted by atomic mass is 10.0. The Hall–Kier alpha value is -6.39. The molecule has 16 N–H and O–H groups in total. The number of benzene rings is 2. The van der Waals surface area contributed by atoms with Crippen molar-refractivity contribution in [2.24, 2.45) is 22.2 Å². The number of nitrogens with one attached hydrogen (secondary N) is 7. The molecule has 0 aliphatic carbocycles. The molecule has 3 rings (SSSR count). The predicted octanol–water partition coefficient (Wildman–Crippen LogP) is -3.39. The second-order valence-corrected chi connectivity index (χ2v) is 13.8. The van der Waals surface area contributed by atoms with Crippen LogP contribution in [0, 0.1) is 0 Å². The summed E-state index contributed by atoms with van der Waals surface area (Å²) in [4.78, 5) is 98.1. The molecule has 0 spiro atoms. The quantitative estimate of drug-likeness (QED) is 0.0192. The Kier molecular flexibility index (Phi) is 18.4. The third-order valence-electron chi connectivity index (χ3n) is 8.83. The summed E-state index contributed by atoms with van der Waals surface area (Å²) in [5.74, 6) is -6.89. The number of H-pyrrole nitrogens is 1. The van der Waals surface area contributed by atoms with Gasteiger partial charge in [0.2, 0.25) is 35.4 Å². The lowest BCUT2D eigenvalue weighted by molar-refractivity contribution is -0.141. The molecule has 6 amide bonds. The number of carbonyl (C=O) groups excluding carboxylic acids is 6. The van der Waals surface area contributed by atoms with Gasteiger partial charge in [0.1, 0.15) is 36.0 Å². The summed E-state index contributed by atoms with van der Waals surface area (Å²) in [6.45, 7) is 0.156. The lowest BCUT2D eigenvalue weighted by Crippen LogP contribution is -2.61. The topological polar surface area (TPSA) is 359 Å². The molecule has 0 saturated carbocycles. The normalized spacial score (nSPS) is 14.0. The number of aliphatic hydroxyl groups is 1. The number of hydrogen-bond acceptors (Lipinski definition) is 12. The molecule has 0 aliphatic rings. The monoisotopic (exact) mass is 841 g/mol. The van der Waals surface area contributed by atoms with E-state index in [4.69, 9.17) is 17.2 Å². The van der Waals surface area contributed by atoms with Crippen LogP contribution in [-0.2, 0) is 46.4 Å². The smallest absolute Gasteiger partial charge is 0.327 e. The number of carboxylic acid groups (broad SMARTS) is 1. The number of phenols is 1. The number of amides is 6. The average Bonchev–Trinajstić information content (AvgIpc) is 3.61. The second-order valence-electron chi connectivity index (χ2n) is 13.4. The highest BCUT2D eigenvalue weighted by Crippen LogP contribution is 2.19. The summed E-state index contributed by atoms with van der Waals surface area (Å²) in [5.41, 5.74) is 18.2. The van der Waals surface area contributed by atoms with E-state index >= 15 is 0 Å². The molecular formula is C37H51N11O10S. The van der Waals surface area contributed by atoms with Crippen molar-refractivity contribution in [2.45, 2.75) is 68.9 Å². The van der Waals surface area contributed by atoms with Crippen LogP contribution >= 0.6 is 12.6 Å². The van der Waals surface area contributed by atoms with Gasteiger partial charge in [-0.1, -0.05) is 30.3 Å². The number of aromatic amines is 1. The van der Waals surface area contributed by atoms with Gasteiger partial charge in [0.05, 0.1) is 19.2 Å². The summed E-state index contributed by atoms with van der Waals surface area (Å²) in [6.07, 6.45) is -0.0393. The van der Waals surface area contributed by atoms with Crippen molar-refractivity contribution in [2.75, 3.05) is 25.4 Å². The first-order chi connectivity index (χ1) is 28.0. The molecule has 3 aromatic rings. The molecule has 0 radical (unpaired) electrons. The number of hydrogen-bond donors (Lipinski definition) is 14. The number of rotatable bonds is 23. The average molecular weight is 842 g/mol. The van der Waals surface area contributed by atoms with Crippen LogP contribution in [-0.4, -0.2) is 129 Å². The number of nitrogens with two attached hydrogens (primary N) is 3. The molecule has 2 aromatic carbocycles. The predicted molar refractivity (Wildman–Crippen MR) is 219 cm³/mol. The first kappa shape index (κ1) is 47.0. The van der Waals surface area contributed by atoms with Crippen molar-refractivity contribution in [3.63, 3.8) is 0 Å². The number of para-hydroxylation sites is 1. The van der Waals surface area contributed by atoms with Crippen molar-refractivity contribution in [1.29, 1.82) is 0 Å². The maximum absolute atomic E-state index is 14.0. The number of aromatic hydroxyl groups is 1. The van der Waals surface area contributed by atoms with E-state index in [0.717, 1.165) is 10.9 Å². The van der Waals surface area contributed by atoms with Crippen molar-refractivity contribution >= 4 is 70.9 Å². The first-order valence-corrected chi connectivity index (χ1v) is 19.0. The fourth-order valence-electron chi connectivity index (χ4n) is 5.75. The molecule has 320 valence electrons. The Bertz CT molecular complexity index is 1970. The number of fused-ring (bicyclic) bond motifs is 1. The van der Waals surface area contributed by atoms with Crippen molar-refractivity contribution in [3.05, 3.63) is 65.9 Å². The number of phenolic OH excluding ortho intramolecular Hbond substituents is 1. The fraction of sp³-hybridized carbons (Fsp3) is 0.405. The maximum Gasteiger partial charge on any atom is 0.327 e. The Balaban J connectivity index is 1.87. The van der Waals surface area contributed by atoms with E-state index in [0.29, 0.717) is 11.1 Å². The van der Waals surface area contributed by atoms with Crippen LogP contribution in [0.15, 0.2) is 59.7 Å². The van der Waals surface area contributed by atoms with Crippen LogP contribution in [0.1, 0.15) is 30.9 Å². The number of aliphatic hydroxyl groups excluding tert-OH is 1. The van der Waals surface area contributed by atoms with E-state index in [9.17, 15) is 48.9 Å². The van der Waals surface area contributed by atoms with Gasteiger partial charge in [0, 0.05) is 42.2 Å². The SMILES string of the molecule is C[C@@H](O)[C@H](NC(=O)[C@H](Cc1ccc(O)cc1)NC(=O)CN)C(=O)N[C@@H](CCCN=C(N)N)C(=O)N[C@@H](Cc1c[nH]c2ccccc12)C(=O)NCC(=O)N[C@@H](CS)C(=O)O. The molecule has 0 unspecified atom stereocenters. The molecule has 59 heavy (non-hydrogen) atoms. The summed E-state index contributed by atoms with van der Waals surface area (Å²) in [5, 5.41) is 45.0. The standard InChI is InChI=1S/C37H51N11O10S/c1-19(49)31(48-34(55)26(44-29(51)15-38)13-20-8-10-22(50)11-9-20)35(56)46-25(7-4-12-41-37(39)40)33(54)47-27(14-21-16-42-24-6-3-2-5-23(21)24)32(53)43-17-30(52)45-28(18-59)36(57)58/h2-3,5-6,8-11,16,19,25-28,31,42,49-50,59H,4,7,12-15,17-18,38H2,1H3,(H,43,53)(H,44,51)(H,45,52)(H,46,56)(H,47,54)(H,48,55)(H,57,58)(H4,39,40,41)/t19-,25+,26+,27+,28+,31+/m1/s1. The van der Waals surface area contributed by atoms with Gasteiger partial charge in [0.25, 0.3) is 0 Å². The van der Waals surface area contributed by atoms with E-state index in [1.807, 2.05) is 0 Å². The minimum absolute atomic E-state index is 0.0311. The Morgan fingerprint density at radius 2 is 1.42 bits per heavy atom. The van der Waals surface area contributed by atoms with Gasteiger partial charge in [-0.15, -0.1) is 0 Å². The van der Waals surface area contributed by atoms with Crippen LogP contribution < -0.4 is 49.1 Å². The van der Waals surface area contributed by atoms with Gasteiger partial charge in [0.15, 0.2) is 5.96 Å². The summed E-state index contributed by atoms with van der Waals surface area (Å²) in [6, 6.07) is 5.95. The van der Waals surface area contributed by atoms with E-state index in [1.54, 1.807) is 30.5 Å². The Morgan fingerprint density at radius 3 is 2.05 bits per heavy atom. The number of guanidine groups is 1. The van der Waals surface area contributed by atoms with Crippen molar-refractivity contribution in [3.8, 4) is 5.75 Å².